The van der Waals surface area contributed by atoms with Gasteiger partial charge in [0.15, 0.2) is 12.6 Å². The minimum absolute atomic E-state index is 0.00279. The van der Waals surface area contributed by atoms with Gasteiger partial charge in [-0.15, -0.1) is 0 Å². The highest BCUT2D eigenvalue weighted by Crippen LogP contribution is 2.39. The largest absolute Gasteiger partial charge is 0.480 e. The predicted molar refractivity (Wildman–Crippen MR) is 233 cm³/mol. The van der Waals surface area contributed by atoms with Gasteiger partial charge in [-0.2, -0.15) is 0 Å². The van der Waals surface area contributed by atoms with Crippen molar-refractivity contribution < 1.29 is 138 Å². The number of carbonyl (C=O) groups is 5. The minimum atomic E-state index is -3.17. The first-order valence-corrected chi connectivity index (χ1v) is 23.4. The van der Waals surface area contributed by atoms with Gasteiger partial charge in [0.25, 0.3) is 11.6 Å². The molecule has 0 aliphatic carbocycles. The quantitative estimate of drug-likeness (QED) is 0.0479. The van der Waals surface area contributed by atoms with Crippen LogP contribution < -0.4 is 22.5 Å². The molecule has 5 aliphatic rings. The zero-order valence-electron chi connectivity index (χ0n) is 39.8. The Morgan fingerprint density at radius 2 is 1.27 bits per heavy atom. The molecule has 33 nitrogen and oxygen atoms in total. The van der Waals surface area contributed by atoms with Gasteiger partial charge in [0, 0.05) is 26.3 Å². The third-order valence-electron chi connectivity index (χ3n) is 13.7. The van der Waals surface area contributed by atoms with Crippen LogP contribution in [-0.4, -0.2) is 296 Å². The standard InChI is InChI=1S/C41H69N5O28/c1-12(21(42)34(60)46-5-3-4-14(46)35(61)62)68-36-24(45-13(2)50)32(28(58)20(70-36)11-67-40(38(63)64)6-15(51)22(43)30(72-40)25(55)17(53)8-47)71-37-29(59)33(27(57)19(10-49)69-37)74-41(39(65)66)7-16(52)23(44)31(73-41)26(56)18(54)9-48/h12,14-33,36-37,47-49,51-59H,3-11,42-44H2,1-2H3,(H,45,50)(H,61,62)(H,63,64)(H,65,66)/t12-,14+,15+,16+,17-,18-,19-,20-,21+,22-,23-,24-,25-,26-,27+,28+,29-,30-,31-,32-,33+,36+,37+,40+,41-/m1/s1. The molecule has 5 rings (SSSR count). The van der Waals surface area contributed by atoms with Gasteiger partial charge in [-0.25, -0.2) is 14.4 Å². The van der Waals surface area contributed by atoms with Crippen molar-refractivity contribution in [2.24, 2.45) is 17.2 Å². The van der Waals surface area contributed by atoms with E-state index in [9.17, 15) is 101 Å². The Morgan fingerprint density at radius 3 is 1.77 bits per heavy atom. The van der Waals surface area contributed by atoms with Gasteiger partial charge in [0.2, 0.25) is 11.8 Å². The second-order valence-electron chi connectivity index (χ2n) is 18.8. The Kier molecular flexibility index (Phi) is 20.9. The number of carbonyl (C=O) groups excluding carboxylic acids is 2. The van der Waals surface area contributed by atoms with Gasteiger partial charge < -0.3 is 142 Å². The van der Waals surface area contributed by atoms with Crippen LogP contribution in [0.2, 0.25) is 0 Å². The van der Waals surface area contributed by atoms with E-state index in [0.29, 0.717) is 6.42 Å². The van der Waals surface area contributed by atoms with E-state index in [0.717, 1.165) is 11.8 Å². The fraction of sp³-hybridized carbons (Fsp3) is 0.878. The number of rotatable bonds is 22. The first-order chi connectivity index (χ1) is 34.6. The van der Waals surface area contributed by atoms with E-state index in [4.69, 9.17) is 55.1 Å². The number of carboxylic acid groups (broad SMARTS) is 3. The summed E-state index contributed by atoms with van der Waals surface area (Å²) in [6.45, 7) is -2.29. The highest BCUT2D eigenvalue weighted by atomic mass is 16.8. The number of nitrogens with two attached hydrogens (primary N) is 3. The molecule has 33 heteroatoms. The maximum absolute atomic E-state index is 13.6. The normalized spacial score (nSPS) is 41.3. The summed E-state index contributed by atoms with van der Waals surface area (Å²) >= 11 is 0. The van der Waals surface area contributed by atoms with Crippen LogP contribution in [0.5, 0.6) is 0 Å². The van der Waals surface area contributed by atoms with E-state index in [2.05, 4.69) is 5.32 Å². The molecule has 2 amide bonds. The van der Waals surface area contributed by atoms with E-state index in [1.165, 1.54) is 6.92 Å². The summed E-state index contributed by atoms with van der Waals surface area (Å²) < 4.78 is 46.3. The molecule has 0 aromatic rings. The summed E-state index contributed by atoms with van der Waals surface area (Å²) in [5, 5.41) is 161. The molecule has 0 aromatic heterocycles. The molecule has 426 valence electrons. The van der Waals surface area contributed by atoms with Gasteiger partial charge in [0.05, 0.1) is 56.8 Å². The van der Waals surface area contributed by atoms with Crippen molar-refractivity contribution in [1.82, 2.24) is 10.2 Å². The maximum Gasteiger partial charge on any atom is 0.364 e. The molecule has 74 heavy (non-hydrogen) atoms. The number of aliphatic hydroxyl groups excluding tert-OH is 12. The number of hydrogen-bond donors (Lipinski definition) is 19. The lowest BCUT2D eigenvalue weighted by Gasteiger charge is -2.51. The van der Waals surface area contributed by atoms with Crippen molar-refractivity contribution in [3.05, 3.63) is 0 Å². The fourth-order valence-corrected chi connectivity index (χ4v) is 9.35. The lowest BCUT2D eigenvalue weighted by Crippen LogP contribution is -2.71. The first-order valence-electron chi connectivity index (χ1n) is 23.4. The number of nitrogens with one attached hydrogen (secondary N) is 1. The molecule has 5 saturated heterocycles. The first kappa shape index (κ1) is 61.3. The predicted octanol–water partition coefficient (Wildman–Crippen LogP) is -11.4. The van der Waals surface area contributed by atoms with Gasteiger partial charge in [-0.3, -0.25) is 9.59 Å². The molecule has 0 spiro atoms. The van der Waals surface area contributed by atoms with E-state index >= 15 is 0 Å². The van der Waals surface area contributed by atoms with Gasteiger partial charge in [-0.05, 0) is 19.8 Å². The Bertz CT molecular complexity index is 1930. The van der Waals surface area contributed by atoms with Crippen molar-refractivity contribution in [2.45, 2.75) is 192 Å². The second kappa shape index (κ2) is 25.3. The minimum Gasteiger partial charge on any atom is -0.480 e. The van der Waals surface area contributed by atoms with Gasteiger partial charge in [0.1, 0.15) is 97.5 Å². The van der Waals surface area contributed by atoms with Crippen LogP contribution in [0.1, 0.15) is 39.5 Å². The number of aliphatic hydroxyl groups is 12. The molecule has 25 atom stereocenters. The summed E-state index contributed by atoms with van der Waals surface area (Å²) in [5.41, 5.74) is 18.2. The van der Waals surface area contributed by atoms with Crippen LogP contribution in [0.3, 0.4) is 0 Å². The average molecular weight is 1080 g/mol. The highest BCUT2D eigenvalue weighted by Gasteiger charge is 2.61. The molecule has 0 saturated carbocycles. The Balaban J connectivity index is 1.53. The molecular formula is C41H69N5O28. The number of carboxylic acids is 3. The molecule has 5 aliphatic heterocycles. The third kappa shape index (κ3) is 12.9. The number of nitrogens with zero attached hydrogens (tertiary/aromatic N) is 1. The van der Waals surface area contributed by atoms with Crippen molar-refractivity contribution in [3.63, 3.8) is 0 Å². The van der Waals surface area contributed by atoms with E-state index in [-0.39, 0.29) is 13.0 Å². The Hall–Kier alpha value is -3.57. The number of hydrogen-bond acceptors (Lipinski definition) is 28. The maximum atomic E-state index is 13.6. The van der Waals surface area contributed by atoms with Crippen molar-refractivity contribution in [3.8, 4) is 0 Å². The Labute approximate surface area is 419 Å². The molecule has 0 aromatic carbocycles. The molecule has 5 fully saturated rings. The highest BCUT2D eigenvalue weighted by molar-refractivity contribution is 5.88. The molecule has 22 N–H and O–H groups in total. The second-order valence-corrected chi connectivity index (χ2v) is 18.8. The van der Waals surface area contributed by atoms with Crippen molar-refractivity contribution >= 4 is 29.7 Å². The van der Waals surface area contributed by atoms with E-state index < -0.39 is 221 Å². The van der Waals surface area contributed by atoms with Gasteiger partial charge >= 0.3 is 17.9 Å². The van der Waals surface area contributed by atoms with Crippen molar-refractivity contribution in [2.75, 3.05) is 33.0 Å². The van der Waals surface area contributed by atoms with Crippen LogP contribution in [0.25, 0.3) is 0 Å². The number of amides is 2. The monoisotopic (exact) mass is 1080 g/mol. The molecule has 0 bridgehead atoms. The third-order valence-corrected chi connectivity index (χ3v) is 13.7. The molecular weight excluding hydrogens is 1010 g/mol. The number of likely N-dealkylation sites (tertiary alicyclic amines) is 1. The Morgan fingerprint density at radius 1 is 0.757 bits per heavy atom. The molecule has 0 unspecified atom stereocenters. The summed E-state index contributed by atoms with van der Waals surface area (Å²) in [5.74, 6) is -13.3. The average Bonchev–Trinajstić information content (AvgIpc) is 3.86. The zero-order valence-corrected chi connectivity index (χ0v) is 39.8. The zero-order chi connectivity index (χ0) is 55.5. The van der Waals surface area contributed by atoms with E-state index in [1.54, 1.807) is 0 Å². The topological polar surface area (TPSA) is 556 Å². The van der Waals surface area contributed by atoms with E-state index in [1.807, 2.05) is 0 Å². The number of ether oxygens (including phenoxy) is 8. The van der Waals surface area contributed by atoms with Crippen molar-refractivity contribution in [1.29, 1.82) is 0 Å². The summed E-state index contributed by atoms with van der Waals surface area (Å²) in [7, 11) is 0. The molecule has 5 heterocycles. The van der Waals surface area contributed by atoms with Crippen LogP contribution in [-0.2, 0) is 61.9 Å². The lowest BCUT2D eigenvalue weighted by atomic mass is 9.88. The summed E-state index contributed by atoms with van der Waals surface area (Å²) in [6, 6.07) is -8.00. The van der Waals surface area contributed by atoms with Gasteiger partial charge in [-0.1, -0.05) is 0 Å². The van der Waals surface area contributed by atoms with Crippen LogP contribution in [0.4, 0.5) is 0 Å². The van der Waals surface area contributed by atoms with Crippen LogP contribution >= 0.6 is 0 Å². The smallest absolute Gasteiger partial charge is 0.364 e. The lowest BCUT2D eigenvalue weighted by molar-refractivity contribution is -0.383. The fourth-order valence-electron chi connectivity index (χ4n) is 9.35. The molecule has 0 radical (unpaired) electrons. The summed E-state index contributed by atoms with van der Waals surface area (Å²) in [6.07, 6.45) is -38.8. The number of aliphatic carboxylic acids is 3. The summed E-state index contributed by atoms with van der Waals surface area (Å²) in [4.78, 5) is 65.3. The SMILES string of the molecule is CC(=O)N[C@H]1[C@@H](O[C@H](C)[C@H](N)C(=O)N2CCC[C@H]2C(=O)O)O[C@H](CO[C@@]2(C(=O)O)C[C@H](O)[C@@H](N)[C@H]([C@H](O)[C@H](O)CO)O2)[C@H](O)[C@@H]1O[C@@H]1O[C@H](CO)[C@H](O)[C@H](O[C@@]2(C(=O)O)C[C@H](O)[C@@H](N)[C@H]([C@H](O)[C@H](O)CO)O2)[C@H]1O. The van der Waals surface area contributed by atoms with Crippen LogP contribution in [0, 0.1) is 0 Å². The van der Waals surface area contributed by atoms with Crippen LogP contribution in [0.15, 0.2) is 0 Å².